The van der Waals surface area contributed by atoms with Gasteiger partial charge in [0.15, 0.2) is 11.5 Å². The van der Waals surface area contributed by atoms with E-state index in [1.54, 1.807) is 0 Å². The minimum atomic E-state index is 0.292. The number of benzene rings is 3. The van der Waals surface area contributed by atoms with Crippen molar-refractivity contribution >= 4 is 0 Å². The van der Waals surface area contributed by atoms with Gasteiger partial charge in [0.05, 0.1) is 0 Å². The molecule has 23 heavy (non-hydrogen) atoms. The van der Waals surface area contributed by atoms with Crippen molar-refractivity contribution < 1.29 is 14.2 Å². The summed E-state index contributed by atoms with van der Waals surface area (Å²) >= 11 is 0. The van der Waals surface area contributed by atoms with Gasteiger partial charge in [0.2, 0.25) is 6.79 Å². The number of ether oxygens (including phenoxy) is 3. The van der Waals surface area contributed by atoms with Crippen LogP contribution in [0, 0.1) is 0 Å². The molecule has 1 heterocycles. The summed E-state index contributed by atoms with van der Waals surface area (Å²) in [4.78, 5) is 0. The smallest absolute Gasteiger partial charge is 0.231 e. The lowest BCUT2D eigenvalue weighted by Gasteiger charge is -2.08. The van der Waals surface area contributed by atoms with Gasteiger partial charge in [-0.15, -0.1) is 0 Å². The molecule has 0 atom stereocenters. The molecule has 0 saturated carbocycles. The summed E-state index contributed by atoms with van der Waals surface area (Å²) in [7, 11) is 0. The summed E-state index contributed by atoms with van der Waals surface area (Å²) in [5.74, 6) is 2.42. The first-order valence-electron chi connectivity index (χ1n) is 7.55. The molecule has 4 rings (SSSR count). The van der Waals surface area contributed by atoms with E-state index in [4.69, 9.17) is 14.2 Å². The van der Waals surface area contributed by atoms with Gasteiger partial charge in [-0.05, 0) is 41.0 Å². The summed E-state index contributed by atoms with van der Waals surface area (Å²) in [5, 5.41) is 0. The van der Waals surface area contributed by atoms with Crippen molar-refractivity contribution in [1.82, 2.24) is 0 Å². The highest BCUT2D eigenvalue weighted by atomic mass is 16.7. The van der Waals surface area contributed by atoms with Crippen molar-refractivity contribution in [3.05, 3.63) is 78.4 Å². The summed E-state index contributed by atoms with van der Waals surface area (Å²) in [6, 6.07) is 24.3. The molecule has 3 aromatic rings. The quantitative estimate of drug-likeness (QED) is 0.701. The van der Waals surface area contributed by atoms with Crippen LogP contribution in [0.1, 0.15) is 5.56 Å². The second-order valence-electron chi connectivity index (χ2n) is 5.37. The van der Waals surface area contributed by atoms with Crippen LogP contribution in [0.2, 0.25) is 0 Å². The first-order chi connectivity index (χ1) is 11.4. The topological polar surface area (TPSA) is 27.7 Å². The Morgan fingerprint density at radius 3 is 2.30 bits per heavy atom. The molecule has 3 aromatic carbocycles. The molecular weight excluding hydrogens is 288 g/mol. The fraction of sp³-hybridized carbons (Fsp3) is 0.100. The minimum absolute atomic E-state index is 0.292. The Bertz CT molecular complexity index is 795. The van der Waals surface area contributed by atoms with Crippen molar-refractivity contribution in [2.24, 2.45) is 0 Å². The van der Waals surface area contributed by atoms with E-state index in [0.29, 0.717) is 13.4 Å². The molecule has 3 nitrogen and oxygen atoms in total. The first-order valence-corrected chi connectivity index (χ1v) is 7.55. The Balaban J connectivity index is 1.43. The lowest BCUT2D eigenvalue weighted by molar-refractivity contribution is 0.174. The molecule has 0 radical (unpaired) electrons. The zero-order valence-corrected chi connectivity index (χ0v) is 12.6. The number of hydrogen-bond donors (Lipinski definition) is 0. The molecule has 0 fully saturated rings. The highest BCUT2D eigenvalue weighted by Gasteiger charge is 2.13. The molecule has 0 N–H and O–H groups in total. The van der Waals surface area contributed by atoms with Crippen molar-refractivity contribution in [2.45, 2.75) is 6.61 Å². The normalized spacial score (nSPS) is 12.2. The SMILES string of the molecule is c1ccc(-c2ccc(OCc3ccc4c(c3)OCO4)cc2)cc1. The average molecular weight is 304 g/mol. The Kier molecular flexibility index (Phi) is 3.60. The molecule has 1 aliphatic heterocycles. The maximum Gasteiger partial charge on any atom is 0.231 e. The summed E-state index contributed by atoms with van der Waals surface area (Å²) in [5.41, 5.74) is 3.44. The minimum Gasteiger partial charge on any atom is -0.489 e. The van der Waals surface area contributed by atoms with Gasteiger partial charge >= 0.3 is 0 Å². The van der Waals surface area contributed by atoms with Crippen molar-refractivity contribution in [1.29, 1.82) is 0 Å². The largest absolute Gasteiger partial charge is 0.489 e. The van der Waals surface area contributed by atoms with Crippen LogP contribution in [0.25, 0.3) is 11.1 Å². The highest BCUT2D eigenvalue weighted by molar-refractivity contribution is 5.63. The Hall–Kier alpha value is -2.94. The van der Waals surface area contributed by atoms with E-state index in [2.05, 4.69) is 24.3 Å². The Labute approximate surface area is 135 Å². The molecule has 114 valence electrons. The van der Waals surface area contributed by atoms with E-state index < -0.39 is 0 Å². The van der Waals surface area contributed by atoms with Crippen molar-refractivity contribution in [2.75, 3.05) is 6.79 Å². The molecule has 0 saturated heterocycles. The second kappa shape index (κ2) is 6.05. The first kappa shape index (κ1) is 13.7. The predicted octanol–water partition coefficient (Wildman–Crippen LogP) is 4.66. The van der Waals surface area contributed by atoms with Crippen LogP contribution >= 0.6 is 0 Å². The summed E-state index contributed by atoms with van der Waals surface area (Å²) < 4.78 is 16.5. The van der Waals surface area contributed by atoms with Crippen LogP contribution in [0.3, 0.4) is 0 Å². The Morgan fingerprint density at radius 2 is 1.48 bits per heavy atom. The molecule has 0 spiro atoms. The fourth-order valence-electron chi connectivity index (χ4n) is 2.57. The monoisotopic (exact) mass is 304 g/mol. The van der Waals surface area contributed by atoms with Crippen LogP contribution in [-0.4, -0.2) is 6.79 Å². The number of rotatable bonds is 4. The lowest BCUT2D eigenvalue weighted by Crippen LogP contribution is -1.95. The van der Waals surface area contributed by atoms with Crippen LogP contribution in [0.15, 0.2) is 72.8 Å². The van der Waals surface area contributed by atoms with Crippen LogP contribution in [0.4, 0.5) is 0 Å². The molecule has 3 heteroatoms. The fourth-order valence-corrected chi connectivity index (χ4v) is 2.57. The van der Waals surface area contributed by atoms with E-state index >= 15 is 0 Å². The lowest BCUT2D eigenvalue weighted by atomic mass is 10.1. The molecule has 0 unspecified atom stereocenters. The second-order valence-corrected chi connectivity index (χ2v) is 5.37. The van der Waals surface area contributed by atoms with Gasteiger partial charge in [0.25, 0.3) is 0 Å². The third-order valence-corrected chi connectivity index (χ3v) is 3.80. The predicted molar refractivity (Wildman–Crippen MR) is 88.8 cm³/mol. The van der Waals surface area contributed by atoms with E-state index in [1.165, 1.54) is 11.1 Å². The van der Waals surface area contributed by atoms with E-state index in [9.17, 15) is 0 Å². The van der Waals surface area contributed by atoms with Crippen LogP contribution in [-0.2, 0) is 6.61 Å². The third-order valence-electron chi connectivity index (χ3n) is 3.80. The standard InChI is InChI=1S/C20H16O3/c1-2-4-16(5-3-1)17-7-9-18(10-8-17)21-13-15-6-11-19-20(12-15)23-14-22-19/h1-12H,13-14H2. The molecular formula is C20H16O3. The number of hydrogen-bond acceptors (Lipinski definition) is 3. The zero-order chi connectivity index (χ0) is 15.5. The van der Waals surface area contributed by atoms with Gasteiger partial charge in [0.1, 0.15) is 12.4 Å². The maximum atomic E-state index is 5.85. The van der Waals surface area contributed by atoms with Crippen molar-refractivity contribution in [3.63, 3.8) is 0 Å². The van der Waals surface area contributed by atoms with E-state index in [0.717, 1.165) is 22.8 Å². The van der Waals surface area contributed by atoms with Gasteiger partial charge in [0, 0.05) is 0 Å². The zero-order valence-electron chi connectivity index (χ0n) is 12.6. The molecule has 1 aliphatic rings. The summed E-state index contributed by atoms with van der Waals surface area (Å²) in [6.07, 6.45) is 0. The third kappa shape index (κ3) is 2.99. The van der Waals surface area contributed by atoms with E-state index in [-0.39, 0.29) is 0 Å². The van der Waals surface area contributed by atoms with Gasteiger partial charge in [-0.2, -0.15) is 0 Å². The van der Waals surface area contributed by atoms with Gasteiger partial charge < -0.3 is 14.2 Å². The molecule has 0 aliphatic carbocycles. The molecule has 0 aromatic heterocycles. The van der Waals surface area contributed by atoms with Gasteiger partial charge in [-0.1, -0.05) is 48.5 Å². The van der Waals surface area contributed by atoms with E-state index in [1.807, 2.05) is 48.5 Å². The maximum absolute atomic E-state index is 5.85. The van der Waals surface area contributed by atoms with Gasteiger partial charge in [-0.25, -0.2) is 0 Å². The Morgan fingerprint density at radius 1 is 0.739 bits per heavy atom. The molecule has 0 amide bonds. The highest BCUT2D eigenvalue weighted by Crippen LogP contribution is 2.32. The van der Waals surface area contributed by atoms with Crippen LogP contribution < -0.4 is 14.2 Å². The molecule has 0 bridgehead atoms. The van der Waals surface area contributed by atoms with Crippen molar-refractivity contribution in [3.8, 4) is 28.4 Å². The van der Waals surface area contributed by atoms with Crippen LogP contribution in [0.5, 0.6) is 17.2 Å². The summed E-state index contributed by atoms with van der Waals surface area (Å²) in [6.45, 7) is 0.794. The van der Waals surface area contributed by atoms with Gasteiger partial charge in [-0.3, -0.25) is 0 Å². The average Bonchev–Trinajstić information content (AvgIpc) is 3.09. The number of fused-ring (bicyclic) bond motifs is 1.